The van der Waals surface area contributed by atoms with Gasteiger partial charge in [-0.05, 0) is 42.5 Å². The average Bonchev–Trinajstić information content (AvgIpc) is 2.12. The van der Waals surface area contributed by atoms with Gasteiger partial charge in [0.05, 0.1) is 12.1 Å². The molecule has 1 aliphatic carbocycles. The van der Waals surface area contributed by atoms with E-state index in [0.29, 0.717) is 10.6 Å². The van der Waals surface area contributed by atoms with E-state index in [1.54, 1.807) is 6.07 Å². The van der Waals surface area contributed by atoms with Gasteiger partial charge in [0, 0.05) is 5.02 Å². The van der Waals surface area contributed by atoms with Crippen LogP contribution in [-0.2, 0) is 0 Å². The van der Waals surface area contributed by atoms with Crippen LogP contribution in [0.1, 0.15) is 30.9 Å². The molecule has 2 nitrogen and oxygen atoms in total. The summed E-state index contributed by atoms with van der Waals surface area (Å²) in [4.78, 5) is 0. The molecular formula is C12H15ClFNO. The number of rotatable bonds is 3. The molecule has 2 atom stereocenters. The second-order valence-electron chi connectivity index (χ2n) is 4.41. The molecule has 1 aliphatic rings. The molecular weight excluding hydrogens is 229 g/mol. The van der Waals surface area contributed by atoms with E-state index in [2.05, 4.69) is 0 Å². The van der Waals surface area contributed by atoms with E-state index >= 15 is 0 Å². The van der Waals surface area contributed by atoms with E-state index in [1.165, 1.54) is 12.1 Å². The first-order valence-corrected chi connectivity index (χ1v) is 5.85. The minimum absolute atomic E-state index is 0.247. The van der Waals surface area contributed by atoms with Crippen LogP contribution in [0.25, 0.3) is 0 Å². The zero-order valence-electron chi connectivity index (χ0n) is 8.87. The normalized spacial score (nSPS) is 20.2. The topological polar surface area (TPSA) is 46.2 Å². The lowest BCUT2D eigenvalue weighted by Gasteiger charge is -2.33. The fraction of sp³-hybridized carbons (Fsp3) is 0.500. The zero-order valence-corrected chi connectivity index (χ0v) is 9.62. The summed E-state index contributed by atoms with van der Waals surface area (Å²) in [6, 6.07) is 3.61. The molecule has 0 bridgehead atoms. The van der Waals surface area contributed by atoms with Gasteiger partial charge in [-0.1, -0.05) is 18.0 Å². The molecule has 0 spiro atoms. The predicted octanol–water partition coefficient (Wildman–Crippen LogP) is 2.64. The maximum Gasteiger partial charge on any atom is 0.125 e. The lowest BCUT2D eigenvalue weighted by Crippen LogP contribution is -2.36. The summed E-state index contributed by atoms with van der Waals surface area (Å²) in [5.74, 6) is -0.171. The van der Waals surface area contributed by atoms with Crippen molar-refractivity contribution in [2.75, 3.05) is 0 Å². The van der Waals surface area contributed by atoms with Crippen LogP contribution in [0.4, 0.5) is 4.39 Å². The quantitative estimate of drug-likeness (QED) is 0.857. The molecule has 0 aliphatic heterocycles. The molecule has 2 rings (SSSR count). The van der Waals surface area contributed by atoms with Crippen molar-refractivity contribution in [1.82, 2.24) is 0 Å². The molecule has 0 aromatic heterocycles. The first-order valence-electron chi connectivity index (χ1n) is 5.47. The number of aliphatic hydroxyl groups excluding tert-OH is 1. The lowest BCUT2D eigenvalue weighted by atomic mass is 9.77. The highest BCUT2D eigenvalue weighted by atomic mass is 35.5. The highest BCUT2D eigenvalue weighted by Crippen LogP contribution is 2.34. The molecule has 0 saturated heterocycles. The van der Waals surface area contributed by atoms with Crippen LogP contribution >= 0.6 is 11.6 Å². The molecule has 0 unspecified atom stereocenters. The molecule has 88 valence electrons. The van der Waals surface area contributed by atoms with Crippen LogP contribution in [0, 0.1) is 11.7 Å². The van der Waals surface area contributed by atoms with Crippen molar-refractivity contribution in [2.45, 2.75) is 31.4 Å². The van der Waals surface area contributed by atoms with Crippen molar-refractivity contribution in [3.63, 3.8) is 0 Å². The van der Waals surface area contributed by atoms with Gasteiger partial charge in [-0.25, -0.2) is 4.39 Å². The Labute approximate surface area is 99.2 Å². The van der Waals surface area contributed by atoms with Crippen molar-refractivity contribution in [3.8, 4) is 0 Å². The number of halogens is 2. The monoisotopic (exact) mass is 243 g/mol. The predicted molar refractivity (Wildman–Crippen MR) is 61.7 cm³/mol. The fourth-order valence-corrected chi connectivity index (χ4v) is 2.27. The minimum Gasteiger partial charge on any atom is -0.391 e. The van der Waals surface area contributed by atoms with Crippen LogP contribution in [0.5, 0.6) is 0 Å². The summed E-state index contributed by atoms with van der Waals surface area (Å²) in [5, 5.41) is 10.3. The van der Waals surface area contributed by atoms with Gasteiger partial charge < -0.3 is 10.8 Å². The molecule has 0 heterocycles. The van der Waals surface area contributed by atoms with Crippen LogP contribution < -0.4 is 5.73 Å². The van der Waals surface area contributed by atoms with Crippen molar-refractivity contribution >= 4 is 11.6 Å². The first-order chi connectivity index (χ1) is 7.58. The van der Waals surface area contributed by atoms with Crippen LogP contribution in [0.2, 0.25) is 5.02 Å². The Morgan fingerprint density at radius 1 is 1.38 bits per heavy atom. The molecule has 1 aromatic carbocycles. The SMILES string of the molecule is N[C@@H](c1cc(F)cc(Cl)c1)[C@H](O)C1CCC1. The third kappa shape index (κ3) is 2.37. The zero-order chi connectivity index (χ0) is 11.7. The van der Waals surface area contributed by atoms with Crippen LogP contribution in [0.3, 0.4) is 0 Å². The standard InChI is InChI=1S/C12H15ClFNO/c13-9-4-8(5-10(14)6-9)11(15)12(16)7-2-1-3-7/h4-7,11-12,16H,1-3,15H2/t11-,12+/m0/s1. The molecule has 1 fully saturated rings. The fourth-order valence-electron chi connectivity index (χ4n) is 2.04. The van der Waals surface area contributed by atoms with Gasteiger partial charge in [-0.2, -0.15) is 0 Å². The van der Waals surface area contributed by atoms with Crippen molar-refractivity contribution in [1.29, 1.82) is 0 Å². The minimum atomic E-state index is -0.605. The molecule has 1 aromatic rings. The Bertz CT molecular complexity index is 361. The molecule has 3 N–H and O–H groups in total. The molecule has 4 heteroatoms. The number of aliphatic hydroxyl groups is 1. The molecule has 16 heavy (non-hydrogen) atoms. The average molecular weight is 244 g/mol. The third-order valence-corrected chi connectivity index (χ3v) is 3.49. The van der Waals surface area contributed by atoms with Gasteiger partial charge in [-0.15, -0.1) is 0 Å². The lowest BCUT2D eigenvalue weighted by molar-refractivity contribution is 0.0413. The summed E-state index contributed by atoms with van der Waals surface area (Å²) < 4.78 is 13.1. The first kappa shape index (κ1) is 11.8. The maximum absolute atomic E-state index is 13.1. The molecule has 1 saturated carbocycles. The Morgan fingerprint density at radius 3 is 2.56 bits per heavy atom. The van der Waals surface area contributed by atoms with Crippen LogP contribution in [0.15, 0.2) is 18.2 Å². The van der Waals surface area contributed by atoms with Gasteiger partial charge in [0.2, 0.25) is 0 Å². The van der Waals surface area contributed by atoms with Gasteiger partial charge >= 0.3 is 0 Å². The number of benzene rings is 1. The van der Waals surface area contributed by atoms with Crippen LogP contribution in [-0.4, -0.2) is 11.2 Å². The van der Waals surface area contributed by atoms with Crippen molar-refractivity contribution < 1.29 is 9.50 Å². The van der Waals surface area contributed by atoms with E-state index in [-0.39, 0.29) is 5.92 Å². The number of nitrogens with two attached hydrogens (primary N) is 1. The van der Waals surface area contributed by atoms with E-state index in [4.69, 9.17) is 17.3 Å². The summed E-state index contributed by atoms with van der Waals surface area (Å²) in [6.07, 6.45) is 2.53. The second kappa shape index (κ2) is 4.70. The third-order valence-electron chi connectivity index (χ3n) is 3.27. The summed E-state index contributed by atoms with van der Waals surface area (Å²) in [7, 11) is 0. The van der Waals surface area contributed by atoms with Gasteiger partial charge in [0.25, 0.3) is 0 Å². The molecule has 0 radical (unpaired) electrons. The number of hydrogen-bond donors (Lipinski definition) is 2. The van der Waals surface area contributed by atoms with Gasteiger partial charge in [0.15, 0.2) is 0 Å². The summed E-state index contributed by atoms with van der Waals surface area (Å²) >= 11 is 5.75. The van der Waals surface area contributed by atoms with Crippen molar-refractivity contribution in [3.05, 3.63) is 34.6 Å². The van der Waals surface area contributed by atoms with E-state index in [0.717, 1.165) is 19.3 Å². The van der Waals surface area contributed by atoms with Crippen molar-refractivity contribution in [2.24, 2.45) is 11.7 Å². The largest absolute Gasteiger partial charge is 0.391 e. The Balaban J connectivity index is 2.15. The maximum atomic E-state index is 13.1. The highest BCUT2D eigenvalue weighted by Gasteiger charge is 2.30. The second-order valence-corrected chi connectivity index (χ2v) is 4.85. The number of hydrogen-bond acceptors (Lipinski definition) is 2. The Morgan fingerprint density at radius 2 is 2.06 bits per heavy atom. The summed E-state index contributed by atoms with van der Waals surface area (Å²) in [6.45, 7) is 0. The van der Waals surface area contributed by atoms with E-state index in [1.807, 2.05) is 0 Å². The van der Waals surface area contributed by atoms with Gasteiger partial charge in [0.1, 0.15) is 5.82 Å². The molecule has 0 amide bonds. The van der Waals surface area contributed by atoms with E-state index in [9.17, 15) is 9.50 Å². The summed E-state index contributed by atoms with van der Waals surface area (Å²) in [5.41, 5.74) is 6.47. The van der Waals surface area contributed by atoms with E-state index < -0.39 is 18.0 Å². The van der Waals surface area contributed by atoms with Gasteiger partial charge in [-0.3, -0.25) is 0 Å². The highest BCUT2D eigenvalue weighted by molar-refractivity contribution is 6.30. The Hall–Kier alpha value is -0.640. The Kier molecular flexibility index (Phi) is 3.47. The smallest absolute Gasteiger partial charge is 0.125 e.